The van der Waals surface area contributed by atoms with E-state index in [-0.39, 0.29) is 49.0 Å². The van der Waals surface area contributed by atoms with E-state index >= 15 is 0 Å². The Morgan fingerprint density at radius 3 is 1.60 bits per heavy atom. The molecule has 2 amide bonds. The van der Waals surface area contributed by atoms with Crippen LogP contribution in [0.2, 0.25) is 0 Å². The average molecular weight is 613 g/mol. The van der Waals surface area contributed by atoms with Crippen molar-refractivity contribution in [2.24, 2.45) is 0 Å². The number of carbonyl (C=O) groups excluding carboxylic acids is 2. The van der Waals surface area contributed by atoms with Gasteiger partial charge in [0, 0.05) is 31.0 Å². The summed E-state index contributed by atoms with van der Waals surface area (Å²) in [5, 5.41) is 4.86. The van der Waals surface area contributed by atoms with Gasteiger partial charge in [-0.25, -0.2) is 8.78 Å². The fraction of sp³-hybridized carbons (Fsp3) is 0.290. The van der Waals surface area contributed by atoms with Gasteiger partial charge in [-0.15, -0.1) is 0 Å². The zero-order chi connectivity index (χ0) is 31.6. The monoisotopic (exact) mass is 612 g/mol. The smallest absolute Gasteiger partial charge is 0.353 e. The molecule has 0 aliphatic rings. The number of hydrogen-bond acceptors (Lipinski definition) is 2. The van der Waals surface area contributed by atoms with Crippen LogP contribution in [0.3, 0.4) is 0 Å². The maximum Gasteiger partial charge on any atom is 0.416 e. The number of halogens is 8. The van der Waals surface area contributed by atoms with Crippen molar-refractivity contribution in [2.45, 2.75) is 44.0 Å². The standard InChI is InChI=1S/C31H28F8N2O2/c32-25-11-7-20(8-12-25)27(21-9-13-26(33)14-10-21)5-1-2-6-28(42)40-15-3-4-16-41-29(43)22-17-23(30(34,35)36)19-24(18-22)31(37,38)39/h3-4,7-14,17-19,27H,1-2,5-6,15-16H2,(H,40,42)(H,41,43)/b4-3-. The summed E-state index contributed by atoms with van der Waals surface area (Å²) in [5.41, 5.74) is -2.24. The van der Waals surface area contributed by atoms with Crippen LogP contribution in [0.15, 0.2) is 78.9 Å². The van der Waals surface area contributed by atoms with Crippen LogP contribution in [0.5, 0.6) is 0 Å². The van der Waals surface area contributed by atoms with Crippen molar-refractivity contribution in [3.8, 4) is 0 Å². The Morgan fingerprint density at radius 2 is 1.14 bits per heavy atom. The van der Waals surface area contributed by atoms with Crippen LogP contribution < -0.4 is 10.6 Å². The maximum atomic E-state index is 13.4. The summed E-state index contributed by atoms with van der Waals surface area (Å²) in [4.78, 5) is 24.3. The molecule has 0 heterocycles. The minimum absolute atomic E-state index is 0.0607. The van der Waals surface area contributed by atoms with Gasteiger partial charge in [-0.1, -0.05) is 42.8 Å². The summed E-state index contributed by atoms with van der Waals surface area (Å²) in [6, 6.07) is 12.7. The number of alkyl halides is 6. The lowest BCUT2D eigenvalue weighted by molar-refractivity contribution is -0.143. The van der Waals surface area contributed by atoms with E-state index in [1.807, 2.05) is 0 Å². The molecule has 3 aromatic rings. The van der Waals surface area contributed by atoms with E-state index < -0.39 is 35.0 Å². The van der Waals surface area contributed by atoms with Gasteiger partial charge in [-0.3, -0.25) is 9.59 Å². The van der Waals surface area contributed by atoms with Crippen molar-refractivity contribution in [2.75, 3.05) is 13.1 Å². The highest BCUT2D eigenvalue weighted by atomic mass is 19.4. The lowest BCUT2D eigenvalue weighted by atomic mass is 9.87. The fourth-order valence-corrected chi connectivity index (χ4v) is 4.32. The van der Waals surface area contributed by atoms with Crippen LogP contribution >= 0.6 is 0 Å². The van der Waals surface area contributed by atoms with Crippen molar-refractivity contribution in [1.82, 2.24) is 10.6 Å². The third-order valence-corrected chi connectivity index (χ3v) is 6.51. The maximum absolute atomic E-state index is 13.4. The van der Waals surface area contributed by atoms with Gasteiger partial charge in [-0.05, 0) is 66.4 Å². The van der Waals surface area contributed by atoms with Crippen LogP contribution in [0.25, 0.3) is 0 Å². The van der Waals surface area contributed by atoms with Gasteiger partial charge in [-0.2, -0.15) is 26.3 Å². The molecule has 2 N–H and O–H groups in total. The molecule has 0 aliphatic heterocycles. The first-order chi connectivity index (χ1) is 20.2. The number of unbranched alkanes of at least 4 members (excludes halogenated alkanes) is 1. The van der Waals surface area contributed by atoms with Gasteiger partial charge < -0.3 is 10.6 Å². The largest absolute Gasteiger partial charge is 0.416 e. The van der Waals surface area contributed by atoms with Crippen molar-refractivity contribution >= 4 is 11.8 Å². The molecule has 0 unspecified atom stereocenters. The molecular formula is C31H28F8N2O2. The minimum atomic E-state index is -5.07. The van der Waals surface area contributed by atoms with Gasteiger partial charge in [0.25, 0.3) is 5.91 Å². The van der Waals surface area contributed by atoms with Crippen LogP contribution in [0.1, 0.15) is 64.2 Å². The van der Waals surface area contributed by atoms with E-state index in [9.17, 15) is 44.7 Å². The van der Waals surface area contributed by atoms with Crippen LogP contribution in [0.4, 0.5) is 35.1 Å². The molecule has 0 aromatic heterocycles. The van der Waals surface area contributed by atoms with Gasteiger partial charge >= 0.3 is 12.4 Å². The Kier molecular flexibility index (Phi) is 11.4. The number of hydrogen-bond donors (Lipinski definition) is 2. The molecule has 0 bridgehead atoms. The molecule has 4 nitrogen and oxygen atoms in total. The third kappa shape index (κ3) is 10.5. The molecule has 0 aliphatic carbocycles. The topological polar surface area (TPSA) is 58.2 Å². The van der Waals surface area contributed by atoms with Crippen LogP contribution in [-0.2, 0) is 17.1 Å². The molecule has 3 rings (SSSR count). The number of nitrogens with one attached hydrogen (secondary N) is 2. The highest BCUT2D eigenvalue weighted by Crippen LogP contribution is 2.36. The highest BCUT2D eigenvalue weighted by Gasteiger charge is 2.37. The second-order valence-electron chi connectivity index (χ2n) is 9.68. The van der Waals surface area contributed by atoms with Crippen molar-refractivity contribution in [1.29, 1.82) is 0 Å². The zero-order valence-corrected chi connectivity index (χ0v) is 22.7. The van der Waals surface area contributed by atoms with E-state index in [4.69, 9.17) is 0 Å². The van der Waals surface area contributed by atoms with Crippen molar-refractivity contribution in [3.05, 3.63) is 118 Å². The lowest BCUT2D eigenvalue weighted by Gasteiger charge is -2.18. The second-order valence-corrected chi connectivity index (χ2v) is 9.68. The molecule has 0 saturated carbocycles. The Labute approximate surface area is 242 Å². The van der Waals surface area contributed by atoms with Crippen molar-refractivity contribution in [3.63, 3.8) is 0 Å². The highest BCUT2D eigenvalue weighted by molar-refractivity contribution is 5.94. The summed E-state index contributed by atoms with van der Waals surface area (Å²) in [7, 11) is 0. The zero-order valence-electron chi connectivity index (χ0n) is 22.7. The predicted octanol–water partition coefficient (Wildman–Crippen LogP) is 7.80. The van der Waals surface area contributed by atoms with Gasteiger partial charge in [0.05, 0.1) is 11.1 Å². The van der Waals surface area contributed by atoms with Crippen LogP contribution in [0, 0.1) is 11.6 Å². The Hall–Kier alpha value is -4.22. The van der Waals surface area contributed by atoms with Crippen molar-refractivity contribution < 1.29 is 44.7 Å². The van der Waals surface area contributed by atoms with Gasteiger partial charge in [0.1, 0.15) is 11.6 Å². The summed E-state index contributed by atoms with van der Waals surface area (Å²) < 4.78 is 105. The van der Waals surface area contributed by atoms with Gasteiger partial charge in [0.15, 0.2) is 0 Å². The fourth-order valence-electron chi connectivity index (χ4n) is 4.32. The first-order valence-corrected chi connectivity index (χ1v) is 13.2. The van der Waals surface area contributed by atoms with E-state index in [0.717, 1.165) is 11.1 Å². The molecule has 12 heteroatoms. The molecule has 0 atom stereocenters. The average Bonchev–Trinajstić information content (AvgIpc) is 2.95. The number of benzene rings is 3. The summed E-state index contributed by atoms with van der Waals surface area (Å²) in [5.74, 6) is -2.23. The first-order valence-electron chi connectivity index (χ1n) is 13.2. The molecule has 43 heavy (non-hydrogen) atoms. The summed E-state index contributed by atoms with van der Waals surface area (Å²) in [6.07, 6.45) is -5.22. The van der Waals surface area contributed by atoms with E-state index in [0.29, 0.717) is 31.4 Å². The molecule has 0 saturated heterocycles. The molecular weight excluding hydrogens is 584 g/mol. The number of carbonyl (C=O) groups is 2. The Morgan fingerprint density at radius 1 is 0.674 bits per heavy atom. The normalized spacial score (nSPS) is 12.1. The van der Waals surface area contributed by atoms with Gasteiger partial charge in [0.2, 0.25) is 5.91 Å². The number of amides is 2. The minimum Gasteiger partial charge on any atom is -0.353 e. The molecule has 230 valence electrons. The Balaban J connectivity index is 1.42. The summed E-state index contributed by atoms with van der Waals surface area (Å²) in [6.45, 7) is -0.106. The van der Waals surface area contributed by atoms with E-state index in [1.54, 1.807) is 24.3 Å². The lowest BCUT2D eigenvalue weighted by Crippen LogP contribution is -2.25. The van der Waals surface area contributed by atoms with E-state index in [1.165, 1.54) is 36.4 Å². The van der Waals surface area contributed by atoms with Crippen LogP contribution in [-0.4, -0.2) is 24.9 Å². The quantitative estimate of drug-likeness (QED) is 0.125. The molecule has 0 fully saturated rings. The molecule has 0 spiro atoms. The predicted molar refractivity (Wildman–Crippen MR) is 144 cm³/mol. The second kappa shape index (κ2) is 14.8. The number of rotatable bonds is 12. The van der Waals surface area contributed by atoms with E-state index in [2.05, 4.69) is 10.6 Å². The SMILES string of the molecule is O=C(CCCCC(c1ccc(F)cc1)c1ccc(F)cc1)NC/C=C\CNC(=O)c1cc(C(F)(F)F)cc(C(F)(F)F)c1. The Bertz CT molecular complexity index is 1320. The molecule has 3 aromatic carbocycles. The third-order valence-electron chi connectivity index (χ3n) is 6.51. The first kappa shape index (κ1) is 33.3. The molecule has 0 radical (unpaired) electrons. The summed E-state index contributed by atoms with van der Waals surface area (Å²) >= 11 is 0.